The minimum Gasteiger partial charge on any atom is -0.256 e. The van der Waals surface area contributed by atoms with Crippen LogP contribution in [0.15, 0.2) is 146 Å². The highest BCUT2D eigenvalue weighted by molar-refractivity contribution is 5.99. The van der Waals surface area contributed by atoms with E-state index in [0.717, 1.165) is 49.8 Å². The molecule has 0 aliphatic carbocycles. The van der Waals surface area contributed by atoms with Gasteiger partial charge in [-0.2, -0.15) is 0 Å². The summed E-state index contributed by atoms with van der Waals surface area (Å²) in [6, 6.07) is 49.0. The van der Waals surface area contributed by atoms with Gasteiger partial charge < -0.3 is 0 Å². The Morgan fingerprint density at radius 3 is 1.82 bits per heavy atom. The van der Waals surface area contributed by atoms with Crippen molar-refractivity contribution in [2.45, 2.75) is 0 Å². The molecule has 7 rings (SSSR count). The molecular formula is C36H24N2. The van der Waals surface area contributed by atoms with Gasteiger partial charge in [0, 0.05) is 28.1 Å². The number of benzene rings is 5. The Hall–Kier alpha value is -5.08. The molecule has 0 radical (unpaired) electrons. The Kier molecular flexibility index (Phi) is 5.49. The summed E-state index contributed by atoms with van der Waals surface area (Å²) < 4.78 is 0. The van der Waals surface area contributed by atoms with Crippen LogP contribution in [0.2, 0.25) is 0 Å². The van der Waals surface area contributed by atoms with Crippen molar-refractivity contribution in [3.63, 3.8) is 0 Å². The molecule has 0 saturated carbocycles. The first-order chi connectivity index (χ1) is 18.8. The number of aromatic nitrogens is 2. The van der Waals surface area contributed by atoms with Gasteiger partial charge in [0.1, 0.15) is 0 Å². The first kappa shape index (κ1) is 22.1. The quantitative estimate of drug-likeness (QED) is 0.249. The highest BCUT2D eigenvalue weighted by Crippen LogP contribution is 2.35. The Bertz CT molecular complexity index is 1890. The zero-order chi connectivity index (χ0) is 25.3. The van der Waals surface area contributed by atoms with Gasteiger partial charge in [-0.1, -0.05) is 109 Å². The smallest absolute Gasteiger partial charge is 0.0716 e. The highest BCUT2D eigenvalue weighted by atomic mass is 14.7. The second-order valence-electron chi connectivity index (χ2n) is 9.51. The predicted octanol–water partition coefficient (Wildman–Crippen LogP) is 9.45. The molecule has 2 heterocycles. The predicted molar refractivity (Wildman–Crippen MR) is 159 cm³/mol. The molecule has 0 saturated heterocycles. The third-order valence-electron chi connectivity index (χ3n) is 7.11. The van der Waals surface area contributed by atoms with Crippen LogP contribution in [0.25, 0.3) is 66.4 Å². The molecule has 2 heteroatoms. The molecule has 0 amide bonds. The second kappa shape index (κ2) is 9.42. The average Bonchev–Trinajstić information content (AvgIpc) is 3.01. The van der Waals surface area contributed by atoms with E-state index in [9.17, 15) is 0 Å². The van der Waals surface area contributed by atoms with Crippen molar-refractivity contribution >= 4 is 21.8 Å². The lowest BCUT2D eigenvalue weighted by Crippen LogP contribution is -1.91. The maximum atomic E-state index is 5.05. The van der Waals surface area contributed by atoms with E-state index in [1.165, 1.54) is 16.7 Å². The molecule has 178 valence electrons. The minimum absolute atomic E-state index is 0.975. The molecule has 38 heavy (non-hydrogen) atoms. The first-order valence-electron chi connectivity index (χ1n) is 12.8. The van der Waals surface area contributed by atoms with Gasteiger partial charge in [-0.25, -0.2) is 4.98 Å². The number of nitrogens with zero attached hydrogens (tertiary/aromatic N) is 2. The number of pyridine rings is 2. The molecule has 0 N–H and O–H groups in total. The molecule has 2 aromatic heterocycles. The van der Waals surface area contributed by atoms with Crippen LogP contribution in [-0.2, 0) is 0 Å². The van der Waals surface area contributed by atoms with Crippen LogP contribution in [0.5, 0.6) is 0 Å². The van der Waals surface area contributed by atoms with Gasteiger partial charge in [-0.3, -0.25) is 4.98 Å². The number of rotatable bonds is 4. The van der Waals surface area contributed by atoms with Gasteiger partial charge in [-0.05, 0) is 58.1 Å². The molecule has 5 aromatic carbocycles. The molecule has 0 atom stereocenters. The Labute approximate surface area is 221 Å². The van der Waals surface area contributed by atoms with Gasteiger partial charge in [0.05, 0.1) is 16.7 Å². The third kappa shape index (κ3) is 4.12. The van der Waals surface area contributed by atoms with E-state index in [-0.39, 0.29) is 0 Å². The van der Waals surface area contributed by atoms with Crippen LogP contribution < -0.4 is 0 Å². The fraction of sp³-hybridized carbons (Fsp3) is 0. The average molecular weight is 485 g/mol. The van der Waals surface area contributed by atoms with Crippen molar-refractivity contribution < 1.29 is 0 Å². The Morgan fingerprint density at radius 2 is 1.03 bits per heavy atom. The summed E-state index contributed by atoms with van der Waals surface area (Å²) in [5, 5.41) is 2.29. The van der Waals surface area contributed by atoms with Gasteiger partial charge >= 0.3 is 0 Å². The van der Waals surface area contributed by atoms with Crippen LogP contribution in [0.4, 0.5) is 0 Å². The zero-order valence-electron chi connectivity index (χ0n) is 20.8. The summed E-state index contributed by atoms with van der Waals surface area (Å²) >= 11 is 0. The molecule has 0 bridgehead atoms. The van der Waals surface area contributed by atoms with Crippen molar-refractivity contribution in [3.05, 3.63) is 146 Å². The van der Waals surface area contributed by atoms with E-state index in [1.54, 1.807) is 0 Å². The zero-order valence-corrected chi connectivity index (χ0v) is 20.8. The highest BCUT2D eigenvalue weighted by Gasteiger charge is 2.12. The molecule has 0 unspecified atom stereocenters. The van der Waals surface area contributed by atoms with Crippen LogP contribution in [-0.4, -0.2) is 9.97 Å². The van der Waals surface area contributed by atoms with Crippen molar-refractivity contribution in [1.82, 2.24) is 9.97 Å². The number of fused-ring (bicyclic) bond motifs is 2. The van der Waals surface area contributed by atoms with E-state index in [4.69, 9.17) is 4.98 Å². The van der Waals surface area contributed by atoms with E-state index < -0.39 is 0 Å². The monoisotopic (exact) mass is 484 g/mol. The lowest BCUT2D eigenvalue weighted by atomic mass is 9.94. The lowest BCUT2D eigenvalue weighted by molar-refractivity contribution is 1.39. The maximum absolute atomic E-state index is 5.05. The largest absolute Gasteiger partial charge is 0.256 e. The van der Waals surface area contributed by atoms with Gasteiger partial charge in [-0.15, -0.1) is 0 Å². The molecule has 0 spiro atoms. The fourth-order valence-corrected chi connectivity index (χ4v) is 5.10. The summed E-state index contributed by atoms with van der Waals surface area (Å²) in [6.07, 6.45) is 1.96. The minimum atomic E-state index is 0.975. The van der Waals surface area contributed by atoms with E-state index in [2.05, 4.69) is 126 Å². The van der Waals surface area contributed by atoms with Crippen LogP contribution in [0, 0.1) is 0 Å². The van der Waals surface area contributed by atoms with E-state index in [1.807, 2.05) is 24.4 Å². The fourth-order valence-electron chi connectivity index (χ4n) is 5.10. The summed E-state index contributed by atoms with van der Waals surface area (Å²) in [4.78, 5) is 9.71. The standard InChI is InChI=1S/C36H24N2/c1-3-9-25(10-4-1)29-19-20-35-33(22-29)32(23-36(38-35)28-11-5-2-6-12-28)27-17-15-26(16-18-27)31-21-30-13-7-8-14-34(30)37-24-31/h1-24H. The summed E-state index contributed by atoms with van der Waals surface area (Å²) in [5.74, 6) is 0. The lowest BCUT2D eigenvalue weighted by Gasteiger charge is -2.13. The summed E-state index contributed by atoms with van der Waals surface area (Å²) in [7, 11) is 0. The first-order valence-corrected chi connectivity index (χ1v) is 12.8. The Morgan fingerprint density at radius 1 is 0.395 bits per heavy atom. The Balaban J connectivity index is 1.37. The van der Waals surface area contributed by atoms with Gasteiger partial charge in [0.25, 0.3) is 0 Å². The molecule has 7 aromatic rings. The van der Waals surface area contributed by atoms with Crippen LogP contribution in [0.1, 0.15) is 0 Å². The normalized spacial score (nSPS) is 11.2. The van der Waals surface area contributed by atoms with Gasteiger partial charge in [0.2, 0.25) is 0 Å². The second-order valence-corrected chi connectivity index (χ2v) is 9.51. The van der Waals surface area contributed by atoms with Gasteiger partial charge in [0.15, 0.2) is 0 Å². The molecular weight excluding hydrogens is 460 g/mol. The molecule has 2 nitrogen and oxygen atoms in total. The number of hydrogen-bond acceptors (Lipinski definition) is 2. The van der Waals surface area contributed by atoms with Crippen LogP contribution >= 0.6 is 0 Å². The van der Waals surface area contributed by atoms with Crippen molar-refractivity contribution in [2.75, 3.05) is 0 Å². The number of para-hydroxylation sites is 1. The molecule has 0 fully saturated rings. The van der Waals surface area contributed by atoms with Crippen molar-refractivity contribution in [1.29, 1.82) is 0 Å². The summed E-state index contributed by atoms with van der Waals surface area (Å²) in [5.41, 5.74) is 11.1. The number of hydrogen-bond donors (Lipinski definition) is 0. The van der Waals surface area contributed by atoms with E-state index >= 15 is 0 Å². The summed E-state index contributed by atoms with van der Waals surface area (Å²) in [6.45, 7) is 0. The SMILES string of the molecule is c1ccc(-c2ccc3nc(-c4ccccc4)cc(-c4ccc(-c5cnc6ccccc6c5)cc4)c3c2)cc1. The topological polar surface area (TPSA) is 25.8 Å². The third-order valence-corrected chi connectivity index (χ3v) is 7.11. The van der Waals surface area contributed by atoms with Crippen molar-refractivity contribution in [3.8, 4) is 44.6 Å². The van der Waals surface area contributed by atoms with Crippen molar-refractivity contribution in [2.24, 2.45) is 0 Å². The van der Waals surface area contributed by atoms with E-state index in [0.29, 0.717) is 0 Å². The van der Waals surface area contributed by atoms with Crippen LogP contribution in [0.3, 0.4) is 0 Å². The molecule has 0 aliphatic rings. The maximum Gasteiger partial charge on any atom is 0.0716 e. The molecule has 0 aliphatic heterocycles.